The van der Waals surface area contributed by atoms with Gasteiger partial charge in [0.15, 0.2) is 11.6 Å². The summed E-state index contributed by atoms with van der Waals surface area (Å²) < 4.78 is 25.8. The van der Waals surface area contributed by atoms with E-state index in [1.807, 2.05) is 0 Å². The Morgan fingerprint density at radius 3 is 2.48 bits per heavy atom. The quantitative estimate of drug-likeness (QED) is 0.672. The summed E-state index contributed by atoms with van der Waals surface area (Å²) in [6.45, 7) is 0. The Labute approximate surface area is 116 Å². The number of phenolic OH excluding ortho intramolecular Hbond substituents is 1. The standard InChI is InChI=1S/C13H8F2N2O4/c14-10-3-1-7(5-11(10)15)16-13(19)9-6-8(18)2-4-12(9)17(20)21/h1-6,18H,(H,16,19). The summed E-state index contributed by atoms with van der Waals surface area (Å²) in [4.78, 5) is 22.0. The highest BCUT2D eigenvalue weighted by Crippen LogP contribution is 2.24. The number of hydrogen-bond acceptors (Lipinski definition) is 4. The number of nitro benzene ring substituents is 1. The number of rotatable bonds is 3. The van der Waals surface area contributed by atoms with Gasteiger partial charge in [-0.1, -0.05) is 0 Å². The molecule has 0 fully saturated rings. The van der Waals surface area contributed by atoms with Crippen LogP contribution in [0.25, 0.3) is 0 Å². The first kappa shape index (κ1) is 14.4. The number of carbonyl (C=O) groups is 1. The number of hydrogen-bond donors (Lipinski definition) is 2. The highest BCUT2D eigenvalue weighted by atomic mass is 19.2. The molecule has 2 N–H and O–H groups in total. The van der Waals surface area contributed by atoms with Crippen LogP contribution in [0.2, 0.25) is 0 Å². The molecule has 0 heterocycles. The molecule has 2 aromatic rings. The fourth-order valence-corrected chi connectivity index (χ4v) is 1.64. The lowest BCUT2D eigenvalue weighted by atomic mass is 10.1. The van der Waals surface area contributed by atoms with Crippen molar-refractivity contribution in [1.82, 2.24) is 0 Å². The molecule has 0 spiro atoms. The van der Waals surface area contributed by atoms with E-state index in [4.69, 9.17) is 0 Å². The van der Waals surface area contributed by atoms with Gasteiger partial charge in [0.25, 0.3) is 11.6 Å². The average Bonchev–Trinajstić information content (AvgIpc) is 2.42. The Morgan fingerprint density at radius 1 is 1.14 bits per heavy atom. The first-order valence-electron chi connectivity index (χ1n) is 5.62. The van der Waals surface area contributed by atoms with Gasteiger partial charge in [0.1, 0.15) is 11.3 Å². The molecule has 0 aliphatic heterocycles. The van der Waals surface area contributed by atoms with Crippen LogP contribution in [0.4, 0.5) is 20.2 Å². The van der Waals surface area contributed by atoms with Gasteiger partial charge < -0.3 is 10.4 Å². The lowest BCUT2D eigenvalue weighted by Crippen LogP contribution is -2.14. The molecule has 0 radical (unpaired) electrons. The Morgan fingerprint density at radius 2 is 1.86 bits per heavy atom. The van der Waals surface area contributed by atoms with Crippen molar-refractivity contribution >= 4 is 17.3 Å². The Balaban J connectivity index is 2.34. The van der Waals surface area contributed by atoms with Crippen molar-refractivity contribution < 1.29 is 23.6 Å². The number of nitrogens with zero attached hydrogens (tertiary/aromatic N) is 1. The topological polar surface area (TPSA) is 92.5 Å². The van der Waals surface area contributed by atoms with Crippen LogP contribution in [0.5, 0.6) is 5.75 Å². The third kappa shape index (κ3) is 3.11. The summed E-state index contributed by atoms with van der Waals surface area (Å²) in [5.41, 5.74) is -0.992. The Bertz CT molecular complexity index is 734. The zero-order valence-electron chi connectivity index (χ0n) is 10.3. The van der Waals surface area contributed by atoms with Gasteiger partial charge in [0.05, 0.1) is 4.92 Å². The summed E-state index contributed by atoms with van der Waals surface area (Å²) in [7, 11) is 0. The van der Waals surface area contributed by atoms with Crippen molar-refractivity contribution in [3.63, 3.8) is 0 Å². The van der Waals surface area contributed by atoms with Crippen LogP contribution in [-0.4, -0.2) is 15.9 Å². The van der Waals surface area contributed by atoms with Crippen molar-refractivity contribution in [2.24, 2.45) is 0 Å². The third-order valence-electron chi connectivity index (χ3n) is 2.60. The van der Waals surface area contributed by atoms with Gasteiger partial charge in [0, 0.05) is 17.8 Å². The number of halogens is 2. The van der Waals surface area contributed by atoms with E-state index in [1.54, 1.807) is 0 Å². The van der Waals surface area contributed by atoms with Crippen LogP contribution >= 0.6 is 0 Å². The van der Waals surface area contributed by atoms with E-state index in [1.165, 1.54) is 0 Å². The van der Waals surface area contributed by atoms with Crippen LogP contribution in [0, 0.1) is 21.7 Å². The molecule has 0 aliphatic carbocycles. The molecular weight excluding hydrogens is 286 g/mol. The minimum absolute atomic E-state index is 0.0726. The lowest BCUT2D eigenvalue weighted by Gasteiger charge is -2.06. The van der Waals surface area contributed by atoms with E-state index in [0.29, 0.717) is 0 Å². The van der Waals surface area contributed by atoms with E-state index in [9.17, 15) is 28.8 Å². The van der Waals surface area contributed by atoms with Crippen molar-refractivity contribution in [1.29, 1.82) is 0 Å². The zero-order valence-corrected chi connectivity index (χ0v) is 10.3. The molecule has 0 unspecified atom stereocenters. The summed E-state index contributed by atoms with van der Waals surface area (Å²) in [6.07, 6.45) is 0. The van der Waals surface area contributed by atoms with Gasteiger partial charge in [-0.15, -0.1) is 0 Å². The Hall–Kier alpha value is -3.03. The first-order valence-corrected chi connectivity index (χ1v) is 5.62. The van der Waals surface area contributed by atoms with Crippen molar-refractivity contribution in [3.8, 4) is 5.75 Å². The monoisotopic (exact) mass is 294 g/mol. The van der Waals surface area contributed by atoms with Gasteiger partial charge in [0.2, 0.25) is 0 Å². The molecule has 0 aromatic heterocycles. The maximum Gasteiger partial charge on any atom is 0.282 e. The molecule has 2 aromatic carbocycles. The number of carbonyl (C=O) groups excluding carboxylic acids is 1. The summed E-state index contributed by atoms with van der Waals surface area (Å²) in [6, 6.07) is 5.59. The molecule has 0 saturated heterocycles. The smallest absolute Gasteiger partial charge is 0.282 e. The molecule has 108 valence electrons. The molecule has 21 heavy (non-hydrogen) atoms. The largest absolute Gasteiger partial charge is 0.508 e. The van der Waals surface area contributed by atoms with Crippen LogP contribution in [-0.2, 0) is 0 Å². The number of nitrogens with one attached hydrogen (secondary N) is 1. The molecule has 0 saturated carbocycles. The number of aromatic hydroxyl groups is 1. The fraction of sp³-hybridized carbons (Fsp3) is 0. The maximum absolute atomic E-state index is 13.0. The highest BCUT2D eigenvalue weighted by Gasteiger charge is 2.21. The number of anilines is 1. The highest BCUT2D eigenvalue weighted by molar-refractivity contribution is 6.07. The summed E-state index contributed by atoms with van der Waals surface area (Å²) in [5, 5.41) is 22.3. The summed E-state index contributed by atoms with van der Waals surface area (Å²) in [5.74, 6) is -3.52. The average molecular weight is 294 g/mol. The summed E-state index contributed by atoms with van der Waals surface area (Å²) >= 11 is 0. The predicted molar refractivity (Wildman–Crippen MR) is 69.1 cm³/mol. The molecule has 0 aliphatic rings. The van der Waals surface area contributed by atoms with Gasteiger partial charge in [-0.3, -0.25) is 14.9 Å². The molecule has 1 amide bonds. The fourth-order valence-electron chi connectivity index (χ4n) is 1.64. The van der Waals surface area contributed by atoms with Crippen LogP contribution in [0.15, 0.2) is 36.4 Å². The molecular formula is C13H8F2N2O4. The number of nitro groups is 1. The van der Waals surface area contributed by atoms with Gasteiger partial charge >= 0.3 is 0 Å². The van der Waals surface area contributed by atoms with Crippen LogP contribution in [0.3, 0.4) is 0 Å². The second kappa shape index (κ2) is 5.53. The molecule has 8 heteroatoms. The minimum atomic E-state index is -1.17. The Kier molecular flexibility index (Phi) is 3.79. The molecule has 0 atom stereocenters. The normalized spacial score (nSPS) is 10.2. The van der Waals surface area contributed by atoms with Gasteiger partial charge in [-0.2, -0.15) is 0 Å². The molecule has 6 nitrogen and oxygen atoms in total. The first-order chi connectivity index (χ1) is 9.88. The van der Waals surface area contributed by atoms with Gasteiger partial charge in [-0.05, 0) is 24.3 Å². The van der Waals surface area contributed by atoms with Crippen LogP contribution < -0.4 is 5.32 Å². The number of benzene rings is 2. The van der Waals surface area contributed by atoms with E-state index in [2.05, 4.69) is 5.32 Å². The van der Waals surface area contributed by atoms with E-state index < -0.39 is 33.7 Å². The zero-order chi connectivity index (χ0) is 15.6. The minimum Gasteiger partial charge on any atom is -0.508 e. The lowest BCUT2D eigenvalue weighted by molar-refractivity contribution is -0.385. The van der Waals surface area contributed by atoms with Gasteiger partial charge in [-0.25, -0.2) is 8.78 Å². The second-order valence-corrected chi connectivity index (χ2v) is 4.04. The number of phenols is 1. The van der Waals surface area contributed by atoms with E-state index in [-0.39, 0.29) is 11.4 Å². The van der Waals surface area contributed by atoms with E-state index in [0.717, 1.165) is 36.4 Å². The SMILES string of the molecule is O=C(Nc1ccc(F)c(F)c1)c1cc(O)ccc1[N+](=O)[O-]. The van der Waals surface area contributed by atoms with E-state index >= 15 is 0 Å². The molecule has 0 bridgehead atoms. The van der Waals surface area contributed by atoms with Crippen molar-refractivity contribution in [2.75, 3.05) is 5.32 Å². The second-order valence-electron chi connectivity index (χ2n) is 4.04. The maximum atomic E-state index is 13.0. The molecule has 2 rings (SSSR count). The van der Waals surface area contributed by atoms with Crippen molar-refractivity contribution in [3.05, 3.63) is 63.7 Å². The number of amides is 1. The van der Waals surface area contributed by atoms with Crippen LogP contribution in [0.1, 0.15) is 10.4 Å². The predicted octanol–water partition coefficient (Wildman–Crippen LogP) is 2.83. The van der Waals surface area contributed by atoms with Crippen molar-refractivity contribution in [2.45, 2.75) is 0 Å². The third-order valence-corrected chi connectivity index (χ3v) is 2.60.